The second-order valence-corrected chi connectivity index (χ2v) is 8.87. The molecule has 0 aliphatic carbocycles. The second kappa shape index (κ2) is 7.39. The van der Waals surface area contributed by atoms with Gasteiger partial charge in [-0.05, 0) is 30.7 Å². The Kier molecular flexibility index (Phi) is 4.69. The van der Waals surface area contributed by atoms with E-state index in [2.05, 4.69) is 5.10 Å². The molecule has 30 heavy (non-hydrogen) atoms. The van der Waals surface area contributed by atoms with Gasteiger partial charge >= 0.3 is 0 Å². The van der Waals surface area contributed by atoms with Crippen LogP contribution >= 0.6 is 11.3 Å². The van der Waals surface area contributed by atoms with Gasteiger partial charge in [0.15, 0.2) is 5.65 Å². The minimum absolute atomic E-state index is 0.0325. The fourth-order valence-corrected chi connectivity index (χ4v) is 5.16. The van der Waals surface area contributed by atoms with Gasteiger partial charge in [0.05, 0.1) is 34.4 Å². The summed E-state index contributed by atoms with van der Waals surface area (Å²) in [5.41, 5.74) is 2.56. The van der Waals surface area contributed by atoms with Crippen molar-refractivity contribution >= 4 is 28.8 Å². The quantitative estimate of drug-likeness (QED) is 0.682. The minimum atomic E-state index is -0.167. The number of fused-ring (bicyclic) bond motifs is 2. The van der Waals surface area contributed by atoms with Crippen LogP contribution in [0, 0.1) is 0 Å². The zero-order chi connectivity index (χ0) is 20.8. The first-order valence-corrected chi connectivity index (χ1v) is 11.1. The molecule has 2 aliphatic heterocycles. The lowest BCUT2D eigenvalue weighted by molar-refractivity contribution is -0.129. The summed E-state index contributed by atoms with van der Waals surface area (Å²) in [5, 5.41) is 5.12. The molecule has 1 saturated heterocycles. The van der Waals surface area contributed by atoms with Crippen LogP contribution in [0.4, 0.5) is 0 Å². The lowest BCUT2D eigenvalue weighted by Crippen LogP contribution is -2.39. The van der Waals surface area contributed by atoms with Crippen molar-refractivity contribution in [2.45, 2.75) is 45.2 Å². The predicted molar refractivity (Wildman–Crippen MR) is 113 cm³/mol. The van der Waals surface area contributed by atoms with E-state index in [1.54, 1.807) is 4.90 Å². The zero-order valence-corrected chi connectivity index (χ0v) is 17.6. The fourth-order valence-electron chi connectivity index (χ4n) is 4.48. The van der Waals surface area contributed by atoms with Crippen LogP contribution in [0.3, 0.4) is 0 Å². The zero-order valence-electron chi connectivity index (χ0n) is 16.8. The van der Waals surface area contributed by atoms with Crippen molar-refractivity contribution < 1.29 is 9.59 Å². The number of H-pyrrole nitrogens is 1. The number of carbonyl (C=O) groups is 2. The maximum absolute atomic E-state index is 13.1. The Morgan fingerprint density at radius 2 is 2.13 bits per heavy atom. The van der Waals surface area contributed by atoms with Gasteiger partial charge in [0.1, 0.15) is 0 Å². The molecule has 3 aromatic rings. The van der Waals surface area contributed by atoms with Crippen molar-refractivity contribution in [1.82, 2.24) is 24.4 Å². The topological polar surface area (TPSA) is 90.8 Å². The molecule has 0 bridgehead atoms. The van der Waals surface area contributed by atoms with E-state index in [1.807, 2.05) is 28.5 Å². The Labute approximate surface area is 177 Å². The Bertz CT molecular complexity index is 1180. The number of aromatic nitrogens is 3. The Balaban J connectivity index is 1.53. The van der Waals surface area contributed by atoms with Crippen LogP contribution in [0.15, 0.2) is 28.4 Å². The molecule has 5 heterocycles. The van der Waals surface area contributed by atoms with E-state index in [0.29, 0.717) is 37.3 Å². The molecule has 0 saturated carbocycles. The molecule has 1 unspecified atom stereocenters. The van der Waals surface area contributed by atoms with Crippen molar-refractivity contribution in [3.63, 3.8) is 0 Å². The number of thiophene rings is 1. The second-order valence-electron chi connectivity index (χ2n) is 7.93. The van der Waals surface area contributed by atoms with Gasteiger partial charge in [0, 0.05) is 32.5 Å². The van der Waals surface area contributed by atoms with E-state index < -0.39 is 0 Å². The number of rotatable bonds is 2. The van der Waals surface area contributed by atoms with Crippen molar-refractivity contribution in [2.75, 3.05) is 13.1 Å². The van der Waals surface area contributed by atoms with E-state index in [1.165, 1.54) is 22.8 Å². The van der Waals surface area contributed by atoms with Gasteiger partial charge in [-0.3, -0.25) is 19.5 Å². The van der Waals surface area contributed by atoms with Crippen LogP contribution in [0.2, 0.25) is 0 Å². The number of nitrogens with zero attached hydrogens (tertiary/aromatic N) is 4. The maximum atomic E-state index is 13.1. The Hall–Kier alpha value is -2.94. The number of carbonyl (C=O) groups excluding carboxylic acids is 2. The lowest BCUT2D eigenvalue weighted by Gasteiger charge is -2.34. The highest BCUT2D eigenvalue weighted by atomic mass is 32.1. The molecule has 0 radical (unpaired) electrons. The average molecular weight is 426 g/mol. The van der Waals surface area contributed by atoms with Crippen molar-refractivity contribution in [2.24, 2.45) is 0 Å². The smallest absolute Gasteiger partial charge is 0.277 e. The van der Waals surface area contributed by atoms with Crippen LogP contribution in [0.1, 0.15) is 58.9 Å². The van der Waals surface area contributed by atoms with Crippen LogP contribution in [0.25, 0.3) is 5.65 Å². The number of hydrogen-bond donors (Lipinski definition) is 1. The number of piperidine rings is 1. The molecular weight excluding hydrogens is 402 g/mol. The molecule has 8 nitrogen and oxygen atoms in total. The first-order chi connectivity index (χ1) is 14.5. The monoisotopic (exact) mass is 425 g/mol. The molecule has 9 heteroatoms. The number of aromatic amines is 1. The molecule has 3 aromatic heterocycles. The molecule has 5 rings (SSSR count). The third-order valence-electron chi connectivity index (χ3n) is 6.08. The molecule has 2 amide bonds. The van der Waals surface area contributed by atoms with Gasteiger partial charge in [0.25, 0.3) is 11.5 Å². The number of nitrogens with one attached hydrogen (secondary N) is 1. The molecular formula is C21H23N5O3S. The molecule has 0 aromatic carbocycles. The summed E-state index contributed by atoms with van der Waals surface area (Å²) < 4.78 is 1.46. The van der Waals surface area contributed by atoms with Gasteiger partial charge in [-0.1, -0.05) is 6.07 Å². The molecule has 156 valence electrons. The summed E-state index contributed by atoms with van der Waals surface area (Å²) in [6.45, 7) is 3.08. The fraction of sp³-hybridized carbons (Fsp3) is 0.429. The van der Waals surface area contributed by atoms with E-state index >= 15 is 0 Å². The van der Waals surface area contributed by atoms with Gasteiger partial charge < -0.3 is 9.80 Å². The van der Waals surface area contributed by atoms with Crippen LogP contribution in [0.5, 0.6) is 0 Å². The molecule has 1 fully saturated rings. The predicted octanol–water partition coefficient (Wildman–Crippen LogP) is 2.36. The van der Waals surface area contributed by atoms with Gasteiger partial charge in [-0.25, -0.2) is 9.50 Å². The Morgan fingerprint density at radius 1 is 1.27 bits per heavy atom. The van der Waals surface area contributed by atoms with Crippen LogP contribution < -0.4 is 5.56 Å². The van der Waals surface area contributed by atoms with E-state index in [4.69, 9.17) is 4.98 Å². The van der Waals surface area contributed by atoms with Gasteiger partial charge in [-0.15, -0.1) is 11.3 Å². The third kappa shape index (κ3) is 3.13. The molecule has 1 N–H and O–H groups in total. The highest BCUT2D eigenvalue weighted by Gasteiger charge is 2.31. The third-order valence-corrected chi connectivity index (χ3v) is 6.94. The minimum Gasteiger partial charge on any atom is -0.338 e. The van der Waals surface area contributed by atoms with Gasteiger partial charge in [0.2, 0.25) is 5.91 Å². The van der Waals surface area contributed by atoms with E-state index in [-0.39, 0.29) is 23.4 Å². The average Bonchev–Trinajstić information content (AvgIpc) is 3.43. The largest absolute Gasteiger partial charge is 0.338 e. The van der Waals surface area contributed by atoms with Crippen LogP contribution in [-0.2, 0) is 17.8 Å². The highest BCUT2D eigenvalue weighted by Crippen LogP contribution is 2.32. The first kappa shape index (κ1) is 19.0. The summed E-state index contributed by atoms with van der Waals surface area (Å²) in [6, 6.07) is 5.52. The molecule has 0 spiro atoms. The highest BCUT2D eigenvalue weighted by molar-refractivity contribution is 7.12. The van der Waals surface area contributed by atoms with Crippen molar-refractivity contribution in [3.05, 3.63) is 55.8 Å². The van der Waals surface area contributed by atoms with Crippen molar-refractivity contribution in [3.8, 4) is 0 Å². The summed E-state index contributed by atoms with van der Waals surface area (Å²) in [6.07, 6.45) is 3.42. The van der Waals surface area contributed by atoms with E-state index in [9.17, 15) is 14.4 Å². The summed E-state index contributed by atoms with van der Waals surface area (Å²) in [7, 11) is 0. The number of hydrogen-bond acceptors (Lipinski definition) is 5. The lowest BCUT2D eigenvalue weighted by atomic mass is 9.99. The van der Waals surface area contributed by atoms with Crippen molar-refractivity contribution in [1.29, 1.82) is 0 Å². The van der Waals surface area contributed by atoms with Crippen LogP contribution in [-0.4, -0.2) is 49.3 Å². The summed E-state index contributed by atoms with van der Waals surface area (Å²) in [4.78, 5) is 46.9. The maximum Gasteiger partial charge on any atom is 0.277 e. The Morgan fingerprint density at radius 3 is 2.90 bits per heavy atom. The number of likely N-dealkylation sites (tertiary alicyclic amines) is 1. The van der Waals surface area contributed by atoms with E-state index in [0.717, 1.165) is 35.5 Å². The molecule has 1 atom stereocenters. The summed E-state index contributed by atoms with van der Waals surface area (Å²) in [5.74, 6) is -0.00712. The van der Waals surface area contributed by atoms with Gasteiger partial charge in [-0.2, -0.15) is 0 Å². The number of amides is 2. The SMILES string of the molecule is CC(=O)N1CCc2nc3cc(C4CCCCN4C(=O)c4cccs4)[nH]n3c(=O)c2C1. The standard InChI is InChI=1S/C21H23N5O3S/c1-13(27)24-9-7-15-14(12-24)20(28)26-19(22-15)11-16(23-26)17-5-2-3-8-25(17)21(29)18-6-4-10-30-18/h4,6,10-11,17,23H,2-3,5,7-9,12H2,1H3. The first-order valence-electron chi connectivity index (χ1n) is 10.3. The molecule has 2 aliphatic rings. The summed E-state index contributed by atoms with van der Waals surface area (Å²) >= 11 is 1.45. The normalized spacial score (nSPS) is 19.2.